The van der Waals surface area contributed by atoms with E-state index in [0.29, 0.717) is 27.3 Å². The second-order valence-electron chi connectivity index (χ2n) is 10.6. The molecule has 6 rings (SSSR count). The van der Waals surface area contributed by atoms with Crippen LogP contribution in [0.25, 0.3) is 26.1 Å². The molecule has 0 spiro atoms. The monoisotopic (exact) mass is 571 g/mol. The number of benzene rings is 4. The highest BCUT2D eigenvalue weighted by Crippen LogP contribution is 2.40. The number of phenolic OH excluding ortho intramolecular Hbond substituents is 1. The van der Waals surface area contributed by atoms with Gasteiger partial charge in [-0.15, -0.1) is 10.2 Å². The van der Waals surface area contributed by atoms with Crippen molar-refractivity contribution >= 4 is 55.4 Å². The van der Waals surface area contributed by atoms with Crippen molar-refractivity contribution in [2.75, 3.05) is 5.32 Å². The molecule has 0 bridgehead atoms. The van der Waals surface area contributed by atoms with E-state index in [9.17, 15) is 15.2 Å². The van der Waals surface area contributed by atoms with Crippen molar-refractivity contribution in [3.8, 4) is 17.0 Å². The molecule has 0 saturated carbocycles. The smallest absolute Gasteiger partial charge is 0.260 e. The molecule has 0 aliphatic heterocycles. The molecule has 206 valence electrons. The molecule has 6 aromatic rings. The predicted molar refractivity (Wildman–Crippen MR) is 164 cm³/mol. The summed E-state index contributed by atoms with van der Waals surface area (Å²) in [4.78, 5) is 18.1. The number of amides is 1. The summed E-state index contributed by atoms with van der Waals surface area (Å²) in [7, 11) is 0. The van der Waals surface area contributed by atoms with Crippen molar-refractivity contribution < 1.29 is 9.90 Å². The first-order valence-electron chi connectivity index (χ1n) is 13.2. The Hall–Kier alpha value is -5.40. The Morgan fingerprint density at radius 2 is 1.71 bits per heavy atom. The summed E-state index contributed by atoms with van der Waals surface area (Å²) in [5, 5.41) is 39.8. The third-order valence-corrected chi connectivity index (χ3v) is 7.67. The van der Waals surface area contributed by atoms with Gasteiger partial charge in [-0.1, -0.05) is 86.7 Å². The highest BCUT2D eigenvalue weighted by Gasteiger charge is 2.29. The van der Waals surface area contributed by atoms with E-state index in [-0.39, 0.29) is 28.4 Å². The third kappa shape index (κ3) is 4.87. The number of carbonyl (C=O) groups excluding carboxylic acids is 1. The van der Waals surface area contributed by atoms with E-state index in [2.05, 4.69) is 21.6 Å². The minimum absolute atomic E-state index is 0.0708. The molecule has 10 heteroatoms. The number of azo groups is 1. The lowest BCUT2D eigenvalue weighted by molar-refractivity contribution is 0.102. The number of anilines is 1. The number of thiazole rings is 1. The largest absolute Gasteiger partial charge is 0.505 e. The minimum atomic E-state index is -0.487. The molecular weight excluding hydrogens is 546 g/mol. The van der Waals surface area contributed by atoms with Gasteiger partial charge in [-0.25, -0.2) is 4.98 Å². The van der Waals surface area contributed by atoms with Crippen molar-refractivity contribution in [3.63, 3.8) is 0 Å². The van der Waals surface area contributed by atoms with Gasteiger partial charge in [-0.3, -0.25) is 4.79 Å². The Balaban J connectivity index is 1.51. The molecule has 9 nitrogen and oxygen atoms in total. The molecule has 0 fully saturated rings. The Labute approximate surface area is 245 Å². The zero-order valence-electron chi connectivity index (χ0n) is 23.0. The van der Waals surface area contributed by atoms with E-state index >= 15 is 0 Å². The minimum Gasteiger partial charge on any atom is -0.505 e. The summed E-state index contributed by atoms with van der Waals surface area (Å²) in [6.45, 7) is 5.89. The fourth-order valence-electron chi connectivity index (χ4n) is 4.66. The molecular formula is C32H25N7O2S. The molecule has 42 heavy (non-hydrogen) atoms. The van der Waals surface area contributed by atoms with Crippen LogP contribution in [0.15, 0.2) is 95.2 Å². The Kier molecular flexibility index (Phi) is 6.72. The lowest BCUT2D eigenvalue weighted by Crippen LogP contribution is -2.14. The summed E-state index contributed by atoms with van der Waals surface area (Å²) >= 11 is 1.42. The number of phenols is 1. The van der Waals surface area contributed by atoms with Gasteiger partial charge >= 0.3 is 0 Å². The quantitative estimate of drug-likeness (QED) is 0.202. The average molecular weight is 572 g/mol. The Morgan fingerprint density at radius 3 is 2.45 bits per heavy atom. The van der Waals surface area contributed by atoms with Gasteiger partial charge in [0.05, 0.1) is 21.5 Å². The van der Waals surface area contributed by atoms with Gasteiger partial charge in [-0.2, -0.15) is 15.0 Å². The molecule has 4 aromatic carbocycles. The maximum atomic E-state index is 13.4. The summed E-state index contributed by atoms with van der Waals surface area (Å²) < 4.78 is 2.48. The molecule has 1 amide bonds. The number of para-hydroxylation sites is 2. The second-order valence-corrected chi connectivity index (χ2v) is 11.7. The standard InChI is InChI=1S/C32H25N7O2S/c1-32(2,3)28-22(18-33)29(39(38-28)31-35-23-15-9-10-16-25(23)42-31)37-36-24-17-19-11-7-8-14-21(19)26(27(24)40)30(41)34-20-12-5-4-6-13-20/h4-17,40H,1-3H3,(H,34,41)/b37-36+. The van der Waals surface area contributed by atoms with E-state index in [1.807, 2.05) is 75.4 Å². The molecule has 2 aromatic heterocycles. The first-order chi connectivity index (χ1) is 20.2. The van der Waals surface area contributed by atoms with Crippen molar-refractivity contribution in [3.05, 3.63) is 102 Å². The van der Waals surface area contributed by atoms with E-state index < -0.39 is 11.3 Å². The zero-order valence-corrected chi connectivity index (χ0v) is 23.8. The lowest BCUT2D eigenvalue weighted by atomic mass is 9.90. The van der Waals surface area contributed by atoms with Crippen LogP contribution in [0.2, 0.25) is 0 Å². The van der Waals surface area contributed by atoms with Crippen LogP contribution < -0.4 is 5.32 Å². The molecule has 2 N–H and O–H groups in total. The first kappa shape index (κ1) is 26.8. The fraction of sp³-hybridized carbons (Fsp3) is 0.125. The normalized spacial score (nSPS) is 11.8. The highest BCUT2D eigenvalue weighted by atomic mass is 32.1. The molecule has 0 radical (unpaired) electrons. The number of nitriles is 1. The third-order valence-electron chi connectivity index (χ3n) is 6.66. The molecule has 0 aliphatic rings. The topological polar surface area (TPSA) is 129 Å². The van der Waals surface area contributed by atoms with Crippen LogP contribution in [-0.4, -0.2) is 25.8 Å². The fourth-order valence-corrected chi connectivity index (χ4v) is 5.58. The van der Waals surface area contributed by atoms with Crippen molar-refractivity contribution in [2.24, 2.45) is 10.2 Å². The number of rotatable bonds is 5. The molecule has 0 aliphatic carbocycles. The van der Waals surface area contributed by atoms with E-state index in [4.69, 9.17) is 10.1 Å². The Morgan fingerprint density at radius 1 is 1.00 bits per heavy atom. The van der Waals surface area contributed by atoms with Gasteiger partial charge in [0.15, 0.2) is 11.6 Å². The van der Waals surface area contributed by atoms with Crippen molar-refractivity contribution in [2.45, 2.75) is 26.2 Å². The summed E-state index contributed by atoms with van der Waals surface area (Å²) in [6.07, 6.45) is 0. The maximum Gasteiger partial charge on any atom is 0.260 e. The maximum absolute atomic E-state index is 13.4. The number of hydrogen-bond donors (Lipinski definition) is 2. The first-order valence-corrected chi connectivity index (χ1v) is 14.0. The van der Waals surface area contributed by atoms with E-state index in [1.165, 1.54) is 16.0 Å². The molecule has 0 atom stereocenters. The number of nitrogens with one attached hydrogen (secondary N) is 1. The molecule has 2 heterocycles. The van der Waals surface area contributed by atoms with E-state index in [0.717, 1.165) is 10.2 Å². The predicted octanol–water partition coefficient (Wildman–Crippen LogP) is 8.18. The van der Waals surface area contributed by atoms with Crippen molar-refractivity contribution in [1.29, 1.82) is 5.26 Å². The number of carbonyl (C=O) groups is 1. The van der Waals surface area contributed by atoms with Gasteiger partial charge in [-0.05, 0) is 41.1 Å². The highest BCUT2D eigenvalue weighted by molar-refractivity contribution is 7.20. The van der Waals surface area contributed by atoms with Gasteiger partial charge in [0.2, 0.25) is 5.13 Å². The van der Waals surface area contributed by atoms with Gasteiger partial charge in [0, 0.05) is 11.1 Å². The number of hydrogen-bond acceptors (Lipinski definition) is 8. The number of fused-ring (bicyclic) bond motifs is 2. The number of nitrogens with zero attached hydrogens (tertiary/aromatic N) is 6. The van der Waals surface area contributed by atoms with Gasteiger partial charge in [0.25, 0.3) is 5.91 Å². The van der Waals surface area contributed by atoms with Crippen LogP contribution in [0.3, 0.4) is 0 Å². The van der Waals surface area contributed by atoms with Crippen LogP contribution in [0, 0.1) is 11.3 Å². The lowest BCUT2D eigenvalue weighted by Gasteiger charge is -2.14. The average Bonchev–Trinajstić information content (AvgIpc) is 3.58. The second kappa shape index (κ2) is 10.5. The van der Waals surface area contributed by atoms with Gasteiger partial charge < -0.3 is 10.4 Å². The summed E-state index contributed by atoms with van der Waals surface area (Å²) in [5.74, 6) is -0.630. The Bertz CT molecular complexity index is 2010. The summed E-state index contributed by atoms with van der Waals surface area (Å²) in [6, 6.07) is 27.8. The number of aromatic nitrogens is 3. The van der Waals surface area contributed by atoms with Crippen LogP contribution in [0.5, 0.6) is 5.75 Å². The molecule has 0 unspecified atom stereocenters. The van der Waals surface area contributed by atoms with Gasteiger partial charge in [0.1, 0.15) is 17.3 Å². The van der Waals surface area contributed by atoms with Crippen LogP contribution in [0.4, 0.5) is 17.2 Å². The molecule has 0 saturated heterocycles. The number of aromatic hydroxyl groups is 1. The van der Waals surface area contributed by atoms with Crippen LogP contribution in [-0.2, 0) is 5.41 Å². The van der Waals surface area contributed by atoms with Crippen molar-refractivity contribution in [1.82, 2.24) is 14.8 Å². The SMILES string of the molecule is CC(C)(C)c1nn(-c2nc3ccccc3s2)c(/N=N/c2cc3ccccc3c(C(=O)Nc3ccccc3)c2O)c1C#N. The zero-order chi connectivity index (χ0) is 29.4. The van der Waals surface area contributed by atoms with Crippen LogP contribution in [0.1, 0.15) is 42.4 Å². The van der Waals surface area contributed by atoms with E-state index in [1.54, 1.807) is 30.3 Å². The van der Waals surface area contributed by atoms with Crippen LogP contribution >= 0.6 is 11.3 Å². The summed E-state index contributed by atoms with van der Waals surface area (Å²) in [5.41, 5.74) is 1.87.